The van der Waals surface area contributed by atoms with Crippen LogP contribution in [0.25, 0.3) is 0 Å². The molecule has 2 aliphatic rings. The lowest BCUT2D eigenvalue weighted by Gasteiger charge is -2.43. The van der Waals surface area contributed by atoms with Gasteiger partial charge in [-0.2, -0.15) is 0 Å². The highest BCUT2D eigenvalue weighted by molar-refractivity contribution is 6.30. The third-order valence-electron chi connectivity index (χ3n) is 7.08. The molecule has 0 radical (unpaired) electrons. The van der Waals surface area contributed by atoms with Gasteiger partial charge in [0, 0.05) is 50.2 Å². The number of halogens is 1. The predicted molar refractivity (Wildman–Crippen MR) is 125 cm³/mol. The SMILES string of the molecule is OC1(C(CN2CCN(CCc3ccccc3)CC2)c2cccc(Cl)c2)CCCCC1. The first-order valence-corrected chi connectivity index (χ1v) is 12.0. The van der Waals surface area contributed by atoms with Gasteiger partial charge in [-0.1, -0.05) is 73.3 Å². The minimum atomic E-state index is -0.604. The molecule has 1 atom stereocenters. The largest absolute Gasteiger partial charge is 0.389 e. The van der Waals surface area contributed by atoms with Gasteiger partial charge in [0.05, 0.1) is 5.60 Å². The van der Waals surface area contributed by atoms with Gasteiger partial charge in [-0.25, -0.2) is 0 Å². The number of hydrogen-bond donors (Lipinski definition) is 1. The van der Waals surface area contributed by atoms with Crippen LogP contribution in [0.1, 0.15) is 49.1 Å². The average Bonchev–Trinajstić information content (AvgIpc) is 2.78. The van der Waals surface area contributed by atoms with E-state index >= 15 is 0 Å². The molecule has 30 heavy (non-hydrogen) atoms. The minimum Gasteiger partial charge on any atom is -0.389 e. The normalized spacial score (nSPS) is 21.4. The molecule has 1 saturated carbocycles. The van der Waals surface area contributed by atoms with Crippen LogP contribution in [0.4, 0.5) is 0 Å². The van der Waals surface area contributed by atoms with E-state index in [1.807, 2.05) is 12.1 Å². The van der Waals surface area contributed by atoms with Gasteiger partial charge in [-0.3, -0.25) is 0 Å². The number of rotatable bonds is 7. The molecule has 4 heteroatoms. The molecule has 3 nitrogen and oxygen atoms in total. The molecule has 1 heterocycles. The summed E-state index contributed by atoms with van der Waals surface area (Å²) in [4.78, 5) is 5.13. The van der Waals surface area contributed by atoms with Crippen molar-refractivity contribution in [1.82, 2.24) is 9.80 Å². The average molecular weight is 427 g/mol. The maximum absolute atomic E-state index is 11.6. The second-order valence-corrected chi connectivity index (χ2v) is 9.59. The molecule has 4 rings (SSSR count). The first kappa shape index (κ1) is 21.8. The molecule has 0 spiro atoms. The third kappa shape index (κ3) is 5.64. The van der Waals surface area contributed by atoms with Gasteiger partial charge in [0.1, 0.15) is 0 Å². The molecular weight excluding hydrogens is 392 g/mol. The van der Waals surface area contributed by atoms with Crippen molar-refractivity contribution in [2.75, 3.05) is 39.3 Å². The fraction of sp³-hybridized carbons (Fsp3) is 0.538. The van der Waals surface area contributed by atoms with E-state index in [0.717, 1.165) is 76.4 Å². The molecule has 1 N–H and O–H groups in total. The Morgan fingerprint density at radius 3 is 2.27 bits per heavy atom. The smallest absolute Gasteiger partial charge is 0.0728 e. The van der Waals surface area contributed by atoms with Gasteiger partial charge in [-0.15, -0.1) is 0 Å². The molecule has 1 saturated heterocycles. The van der Waals surface area contributed by atoms with Crippen LogP contribution in [-0.2, 0) is 6.42 Å². The quantitative estimate of drug-likeness (QED) is 0.676. The minimum absolute atomic E-state index is 0.132. The lowest BCUT2D eigenvalue weighted by molar-refractivity contribution is -0.0342. The molecule has 1 unspecified atom stereocenters. The van der Waals surface area contributed by atoms with Crippen molar-refractivity contribution in [2.45, 2.75) is 50.0 Å². The van der Waals surface area contributed by atoms with E-state index in [2.05, 4.69) is 52.3 Å². The summed E-state index contributed by atoms with van der Waals surface area (Å²) in [6.45, 7) is 6.40. The van der Waals surface area contributed by atoms with Crippen molar-refractivity contribution in [1.29, 1.82) is 0 Å². The van der Waals surface area contributed by atoms with Crippen molar-refractivity contribution < 1.29 is 5.11 Å². The highest BCUT2D eigenvalue weighted by atomic mass is 35.5. The zero-order valence-corrected chi connectivity index (χ0v) is 18.7. The first-order chi connectivity index (χ1) is 14.6. The Labute approximate surface area is 186 Å². The van der Waals surface area contributed by atoms with Crippen LogP contribution in [0.5, 0.6) is 0 Å². The molecule has 0 amide bonds. The van der Waals surface area contributed by atoms with Crippen LogP contribution in [-0.4, -0.2) is 59.8 Å². The van der Waals surface area contributed by atoms with Crippen molar-refractivity contribution in [2.24, 2.45) is 0 Å². The van der Waals surface area contributed by atoms with Crippen molar-refractivity contribution in [3.8, 4) is 0 Å². The molecule has 0 aromatic heterocycles. The van der Waals surface area contributed by atoms with Crippen LogP contribution in [0, 0.1) is 0 Å². The summed E-state index contributed by atoms with van der Waals surface area (Å²) in [5, 5.41) is 12.4. The summed E-state index contributed by atoms with van der Waals surface area (Å²) in [6, 6.07) is 18.9. The molecule has 0 bridgehead atoms. The van der Waals surface area contributed by atoms with E-state index < -0.39 is 5.60 Å². The van der Waals surface area contributed by atoms with Crippen LogP contribution in [0.2, 0.25) is 5.02 Å². The molecular formula is C26H35ClN2O. The van der Waals surface area contributed by atoms with Gasteiger partial charge in [0.15, 0.2) is 0 Å². The molecule has 2 aromatic carbocycles. The molecule has 162 valence electrons. The third-order valence-corrected chi connectivity index (χ3v) is 7.32. The van der Waals surface area contributed by atoms with E-state index in [9.17, 15) is 5.11 Å². The monoisotopic (exact) mass is 426 g/mol. The van der Waals surface area contributed by atoms with E-state index in [-0.39, 0.29) is 5.92 Å². The first-order valence-electron chi connectivity index (χ1n) is 11.6. The Kier molecular flexibility index (Phi) is 7.48. The summed E-state index contributed by atoms with van der Waals surface area (Å²) in [5.74, 6) is 0.132. The summed E-state index contributed by atoms with van der Waals surface area (Å²) >= 11 is 6.32. The summed E-state index contributed by atoms with van der Waals surface area (Å²) < 4.78 is 0. The van der Waals surface area contributed by atoms with E-state index in [1.165, 1.54) is 17.5 Å². The van der Waals surface area contributed by atoms with Gasteiger partial charge >= 0.3 is 0 Å². The second-order valence-electron chi connectivity index (χ2n) is 9.15. The van der Waals surface area contributed by atoms with Gasteiger partial charge in [0.25, 0.3) is 0 Å². The van der Waals surface area contributed by atoms with E-state index in [1.54, 1.807) is 0 Å². The number of aliphatic hydroxyl groups is 1. The summed E-state index contributed by atoms with van der Waals surface area (Å²) in [6.07, 6.45) is 6.42. The standard InChI is InChI=1S/C26H35ClN2O/c27-24-11-7-10-23(20-24)25(26(30)13-5-2-6-14-26)21-29-18-16-28(17-19-29)15-12-22-8-3-1-4-9-22/h1,3-4,7-11,20,25,30H,2,5-6,12-19,21H2. The van der Waals surface area contributed by atoms with E-state index in [0.29, 0.717) is 0 Å². The second kappa shape index (κ2) is 10.3. The molecule has 1 aliphatic heterocycles. The molecule has 2 aromatic rings. The topological polar surface area (TPSA) is 26.7 Å². The Bertz CT molecular complexity index is 783. The van der Waals surface area contributed by atoms with Gasteiger partial charge in [0.2, 0.25) is 0 Å². The van der Waals surface area contributed by atoms with Crippen LogP contribution >= 0.6 is 11.6 Å². The van der Waals surface area contributed by atoms with Crippen molar-refractivity contribution >= 4 is 11.6 Å². The Morgan fingerprint density at radius 2 is 1.57 bits per heavy atom. The number of benzene rings is 2. The Balaban J connectivity index is 1.36. The predicted octanol–water partition coefficient (Wildman–Crippen LogP) is 4.98. The lowest BCUT2D eigenvalue weighted by atomic mass is 9.72. The van der Waals surface area contributed by atoms with Crippen LogP contribution in [0.15, 0.2) is 54.6 Å². The van der Waals surface area contributed by atoms with Gasteiger partial charge < -0.3 is 14.9 Å². The number of nitrogens with zero attached hydrogens (tertiary/aromatic N) is 2. The van der Waals surface area contributed by atoms with Crippen LogP contribution < -0.4 is 0 Å². The molecule has 2 fully saturated rings. The number of hydrogen-bond acceptors (Lipinski definition) is 3. The summed E-state index contributed by atoms with van der Waals surface area (Å²) in [7, 11) is 0. The maximum Gasteiger partial charge on any atom is 0.0728 e. The van der Waals surface area contributed by atoms with Gasteiger partial charge in [-0.05, 0) is 42.5 Å². The highest BCUT2D eigenvalue weighted by Crippen LogP contribution is 2.41. The fourth-order valence-corrected chi connectivity index (χ4v) is 5.41. The lowest BCUT2D eigenvalue weighted by Crippen LogP contribution is -2.51. The highest BCUT2D eigenvalue weighted by Gasteiger charge is 2.39. The maximum atomic E-state index is 11.6. The Hall–Kier alpha value is -1.39. The fourth-order valence-electron chi connectivity index (χ4n) is 5.21. The number of piperazine rings is 1. The van der Waals surface area contributed by atoms with Crippen LogP contribution in [0.3, 0.4) is 0 Å². The van der Waals surface area contributed by atoms with Crippen molar-refractivity contribution in [3.05, 3.63) is 70.7 Å². The molecule has 1 aliphatic carbocycles. The van der Waals surface area contributed by atoms with E-state index in [4.69, 9.17) is 11.6 Å². The Morgan fingerprint density at radius 1 is 0.867 bits per heavy atom. The summed E-state index contributed by atoms with van der Waals surface area (Å²) in [5.41, 5.74) is 2.01. The van der Waals surface area contributed by atoms with Crippen molar-refractivity contribution in [3.63, 3.8) is 0 Å². The zero-order valence-electron chi connectivity index (χ0n) is 18.0. The zero-order chi connectivity index (χ0) is 20.8.